The monoisotopic (exact) mass is 391 g/mol. The summed E-state index contributed by atoms with van der Waals surface area (Å²) < 4.78 is 0. The molecule has 0 radical (unpaired) electrons. The average molecular weight is 393 g/mol. The fraction of sp³-hybridized carbons (Fsp3) is 0.188. The van der Waals surface area contributed by atoms with Gasteiger partial charge in [0.05, 0.1) is 22.8 Å². The van der Waals surface area contributed by atoms with Gasteiger partial charge >= 0.3 is 0 Å². The zero-order valence-corrected chi connectivity index (χ0v) is 15.3. The molecule has 2 N–H and O–H groups in total. The first-order chi connectivity index (χ1) is 10.8. The number of carbonyl (C=O) groups is 1. The summed E-state index contributed by atoms with van der Waals surface area (Å²) in [6.45, 7) is 0.870. The predicted octanol–water partition coefficient (Wildman–Crippen LogP) is 3.95. The minimum absolute atomic E-state index is 0.156. The van der Waals surface area contributed by atoms with Crippen LogP contribution in [0.4, 0.5) is 5.69 Å². The molecule has 0 bridgehead atoms. The lowest BCUT2D eigenvalue weighted by Crippen LogP contribution is -3.08. The molecular weight excluding hydrogens is 378 g/mol. The predicted molar refractivity (Wildman–Crippen MR) is 97.0 cm³/mol. The second kappa shape index (κ2) is 8.22. The first-order valence-electron chi connectivity index (χ1n) is 6.85. The first kappa shape index (κ1) is 18.4. The topological polar surface area (TPSA) is 33.5 Å². The smallest absolute Gasteiger partial charge is 0.279 e. The summed E-state index contributed by atoms with van der Waals surface area (Å²) in [6, 6.07) is 10.3. The van der Waals surface area contributed by atoms with E-state index in [0.29, 0.717) is 32.3 Å². The van der Waals surface area contributed by atoms with Gasteiger partial charge in [0.2, 0.25) is 0 Å². The maximum atomic E-state index is 12.1. The Kier molecular flexibility index (Phi) is 6.57. The molecule has 0 aliphatic heterocycles. The van der Waals surface area contributed by atoms with E-state index in [2.05, 4.69) is 5.32 Å². The van der Waals surface area contributed by atoms with E-state index in [0.717, 1.165) is 10.5 Å². The molecule has 2 aromatic rings. The second-order valence-electron chi connectivity index (χ2n) is 5.22. The first-order valence-corrected chi connectivity index (χ1v) is 8.36. The Morgan fingerprint density at radius 2 is 1.65 bits per heavy atom. The molecule has 0 aliphatic carbocycles. The number of halogens is 4. The summed E-state index contributed by atoms with van der Waals surface area (Å²) in [5.74, 6) is -0.156. The summed E-state index contributed by atoms with van der Waals surface area (Å²) >= 11 is 24.0. The molecule has 1 unspecified atom stereocenters. The van der Waals surface area contributed by atoms with Gasteiger partial charge in [-0.05, 0) is 30.3 Å². The fourth-order valence-electron chi connectivity index (χ4n) is 2.11. The van der Waals surface area contributed by atoms with Gasteiger partial charge in [0.25, 0.3) is 5.91 Å². The van der Waals surface area contributed by atoms with Crippen LogP contribution in [-0.2, 0) is 11.3 Å². The standard InChI is InChI=1S/C16H14Cl4N2O/c1-22(8-10-2-3-11(17)6-14(10)20)9-16(23)21-15-7-12(18)4-5-13(15)19/h2-7H,8-9H2,1H3,(H,21,23)/p+1. The third kappa shape index (κ3) is 5.55. The van der Waals surface area contributed by atoms with E-state index < -0.39 is 0 Å². The molecule has 2 aromatic carbocycles. The van der Waals surface area contributed by atoms with Crippen LogP contribution in [0.1, 0.15) is 5.56 Å². The summed E-state index contributed by atoms with van der Waals surface area (Å²) in [6.07, 6.45) is 0. The molecule has 0 aromatic heterocycles. The lowest BCUT2D eigenvalue weighted by Gasteiger charge is -2.15. The minimum Gasteiger partial charge on any atom is -0.326 e. The van der Waals surface area contributed by atoms with Gasteiger partial charge in [-0.25, -0.2) is 0 Å². The van der Waals surface area contributed by atoms with Crippen molar-refractivity contribution >= 4 is 58.0 Å². The Labute approximate surface area is 155 Å². The molecule has 122 valence electrons. The minimum atomic E-state index is -0.156. The summed E-state index contributed by atoms with van der Waals surface area (Å²) in [5.41, 5.74) is 1.43. The van der Waals surface area contributed by atoms with Crippen molar-refractivity contribution in [3.05, 3.63) is 62.1 Å². The van der Waals surface area contributed by atoms with Crippen molar-refractivity contribution in [2.24, 2.45) is 0 Å². The molecule has 0 spiro atoms. The third-order valence-corrected chi connectivity index (χ3v) is 4.32. The molecule has 3 nitrogen and oxygen atoms in total. The van der Waals surface area contributed by atoms with Crippen molar-refractivity contribution in [2.45, 2.75) is 6.54 Å². The number of likely N-dealkylation sites (N-methyl/N-ethyl adjacent to an activating group) is 1. The summed E-state index contributed by atoms with van der Waals surface area (Å²) in [5, 5.41) is 4.90. The van der Waals surface area contributed by atoms with Crippen LogP contribution >= 0.6 is 46.4 Å². The molecule has 1 amide bonds. The van der Waals surface area contributed by atoms with E-state index in [1.807, 2.05) is 13.1 Å². The highest BCUT2D eigenvalue weighted by molar-refractivity contribution is 6.36. The van der Waals surface area contributed by atoms with Gasteiger partial charge in [-0.2, -0.15) is 0 Å². The zero-order valence-electron chi connectivity index (χ0n) is 12.3. The van der Waals surface area contributed by atoms with Crippen LogP contribution in [0.25, 0.3) is 0 Å². The lowest BCUT2D eigenvalue weighted by atomic mass is 10.2. The molecule has 0 saturated carbocycles. The van der Waals surface area contributed by atoms with Crippen LogP contribution in [-0.4, -0.2) is 19.5 Å². The van der Waals surface area contributed by atoms with Gasteiger partial charge < -0.3 is 10.2 Å². The van der Waals surface area contributed by atoms with Crippen molar-refractivity contribution in [1.82, 2.24) is 0 Å². The van der Waals surface area contributed by atoms with Crippen molar-refractivity contribution in [2.75, 3.05) is 18.9 Å². The Morgan fingerprint density at radius 3 is 2.35 bits per heavy atom. The van der Waals surface area contributed by atoms with Crippen molar-refractivity contribution < 1.29 is 9.69 Å². The molecule has 1 atom stereocenters. The Balaban J connectivity index is 1.95. The van der Waals surface area contributed by atoms with Crippen LogP contribution in [0.3, 0.4) is 0 Å². The van der Waals surface area contributed by atoms with E-state index in [1.54, 1.807) is 30.3 Å². The van der Waals surface area contributed by atoms with Gasteiger partial charge in [0, 0.05) is 15.6 Å². The van der Waals surface area contributed by atoms with Crippen LogP contribution < -0.4 is 10.2 Å². The number of amides is 1. The lowest BCUT2D eigenvalue weighted by molar-refractivity contribution is -0.885. The second-order valence-corrected chi connectivity index (χ2v) is 6.91. The molecule has 7 heteroatoms. The van der Waals surface area contributed by atoms with Crippen LogP contribution in [0.5, 0.6) is 0 Å². The van der Waals surface area contributed by atoms with Gasteiger partial charge in [0.1, 0.15) is 6.54 Å². The van der Waals surface area contributed by atoms with Gasteiger partial charge in [-0.15, -0.1) is 0 Å². The molecule has 2 rings (SSSR count). The van der Waals surface area contributed by atoms with Crippen molar-refractivity contribution in [3.8, 4) is 0 Å². The number of anilines is 1. The van der Waals surface area contributed by atoms with Gasteiger partial charge in [-0.1, -0.05) is 52.5 Å². The molecule has 0 heterocycles. The molecule has 0 fully saturated rings. The SMILES string of the molecule is C[NH+](CC(=O)Nc1cc(Cl)ccc1Cl)Cc1ccc(Cl)cc1Cl. The van der Waals surface area contributed by atoms with E-state index in [-0.39, 0.29) is 12.5 Å². The van der Waals surface area contributed by atoms with E-state index in [9.17, 15) is 4.79 Å². The quantitative estimate of drug-likeness (QED) is 0.793. The normalized spacial score (nSPS) is 12.0. The number of benzene rings is 2. The number of carbonyl (C=O) groups excluding carboxylic acids is 1. The van der Waals surface area contributed by atoms with Gasteiger partial charge in [-0.3, -0.25) is 4.79 Å². The number of quaternary nitrogens is 1. The number of nitrogens with one attached hydrogen (secondary N) is 2. The van der Waals surface area contributed by atoms with E-state index >= 15 is 0 Å². The third-order valence-electron chi connectivity index (χ3n) is 3.17. The van der Waals surface area contributed by atoms with Crippen molar-refractivity contribution in [1.29, 1.82) is 0 Å². The summed E-state index contributed by atoms with van der Waals surface area (Å²) in [4.78, 5) is 13.1. The van der Waals surface area contributed by atoms with Crippen molar-refractivity contribution in [3.63, 3.8) is 0 Å². The highest BCUT2D eigenvalue weighted by Gasteiger charge is 2.14. The molecule has 0 saturated heterocycles. The Hall–Kier alpha value is -0.970. The number of hydrogen-bond acceptors (Lipinski definition) is 1. The van der Waals surface area contributed by atoms with E-state index in [4.69, 9.17) is 46.4 Å². The van der Waals surface area contributed by atoms with E-state index in [1.165, 1.54) is 0 Å². The molecule has 23 heavy (non-hydrogen) atoms. The zero-order chi connectivity index (χ0) is 17.0. The Bertz CT molecular complexity index is 721. The maximum absolute atomic E-state index is 12.1. The highest BCUT2D eigenvalue weighted by atomic mass is 35.5. The highest BCUT2D eigenvalue weighted by Crippen LogP contribution is 2.25. The largest absolute Gasteiger partial charge is 0.326 e. The average Bonchev–Trinajstić information content (AvgIpc) is 2.46. The molecule has 0 aliphatic rings. The summed E-state index contributed by atoms with van der Waals surface area (Å²) in [7, 11) is 1.91. The van der Waals surface area contributed by atoms with Crippen LogP contribution in [0.2, 0.25) is 20.1 Å². The number of hydrogen-bond donors (Lipinski definition) is 2. The van der Waals surface area contributed by atoms with Crippen LogP contribution in [0, 0.1) is 0 Å². The number of rotatable bonds is 5. The maximum Gasteiger partial charge on any atom is 0.279 e. The molecular formula is C16H15Cl4N2O+. The van der Waals surface area contributed by atoms with Crippen LogP contribution in [0.15, 0.2) is 36.4 Å². The van der Waals surface area contributed by atoms with Gasteiger partial charge in [0.15, 0.2) is 6.54 Å². The Morgan fingerprint density at radius 1 is 1.00 bits per heavy atom. The fourth-order valence-corrected chi connectivity index (χ4v) is 2.93.